The van der Waals surface area contributed by atoms with Gasteiger partial charge in [0.05, 0.1) is 40.1 Å². The van der Waals surface area contributed by atoms with Crippen molar-refractivity contribution in [3.05, 3.63) is 64.9 Å². The first-order valence-corrected chi connectivity index (χ1v) is 9.78. The van der Waals surface area contributed by atoms with Gasteiger partial charge in [-0.25, -0.2) is 4.79 Å². The fourth-order valence-corrected chi connectivity index (χ4v) is 3.38. The molecule has 9 heteroatoms. The van der Waals surface area contributed by atoms with Crippen LogP contribution >= 0.6 is 0 Å². The smallest absolute Gasteiger partial charge is 0.337 e. The normalized spacial score (nSPS) is 13.2. The molecule has 0 saturated carbocycles. The number of hydrogen-bond donors (Lipinski definition) is 2. The highest BCUT2D eigenvalue weighted by Gasteiger charge is 2.34. The van der Waals surface area contributed by atoms with Crippen LogP contribution in [0.25, 0.3) is 0 Å². The van der Waals surface area contributed by atoms with E-state index in [4.69, 9.17) is 14.2 Å². The van der Waals surface area contributed by atoms with Crippen LogP contribution in [0, 0.1) is 0 Å². The zero-order valence-corrected chi connectivity index (χ0v) is 18.0. The summed E-state index contributed by atoms with van der Waals surface area (Å²) >= 11 is 0. The zero-order chi connectivity index (χ0) is 23.3. The van der Waals surface area contributed by atoms with Crippen molar-refractivity contribution >= 4 is 23.3 Å². The Morgan fingerprint density at radius 2 is 1.75 bits per heavy atom. The number of ketones is 1. The van der Waals surface area contributed by atoms with Gasteiger partial charge in [0, 0.05) is 23.4 Å². The molecule has 3 rings (SSSR count). The van der Waals surface area contributed by atoms with E-state index in [2.05, 4.69) is 5.32 Å². The van der Waals surface area contributed by atoms with E-state index < -0.39 is 11.9 Å². The van der Waals surface area contributed by atoms with Crippen LogP contribution in [-0.2, 0) is 14.3 Å². The Hall–Kier alpha value is -3.85. The molecule has 1 aliphatic rings. The second kappa shape index (κ2) is 9.97. The van der Waals surface area contributed by atoms with Crippen molar-refractivity contribution in [3.8, 4) is 11.5 Å². The van der Waals surface area contributed by atoms with E-state index in [1.807, 2.05) is 0 Å². The summed E-state index contributed by atoms with van der Waals surface area (Å²) in [7, 11) is 4.23. The molecule has 0 saturated heterocycles. The lowest BCUT2D eigenvalue weighted by atomic mass is 10.0. The third-order valence-electron chi connectivity index (χ3n) is 4.99. The van der Waals surface area contributed by atoms with Gasteiger partial charge in [0.15, 0.2) is 17.3 Å². The molecule has 0 spiro atoms. The SMILES string of the molecule is COC(=O)C1=C(Nc2cccc(C(=O)c3ccc(OC)c(OC)c3)c2)C(=O)N(CCO)C1. The van der Waals surface area contributed by atoms with Crippen LogP contribution < -0.4 is 14.8 Å². The molecule has 1 heterocycles. The van der Waals surface area contributed by atoms with Crippen LogP contribution in [0.2, 0.25) is 0 Å². The summed E-state index contributed by atoms with van der Waals surface area (Å²) in [6.07, 6.45) is 0. The summed E-state index contributed by atoms with van der Waals surface area (Å²) in [4.78, 5) is 39.2. The average molecular weight is 440 g/mol. The standard InChI is InChI=1S/C23H24N2O7/c1-30-18-8-7-15(12-19(18)31-2)21(27)14-5-4-6-16(11-14)24-20-17(23(29)32-3)13-25(9-10-26)22(20)28/h4-8,11-12,24,26H,9-10,13H2,1-3H3. The van der Waals surface area contributed by atoms with Gasteiger partial charge in [-0.15, -0.1) is 0 Å². The molecule has 32 heavy (non-hydrogen) atoms. The lowest BCUT2D eigenvalue weighted by Crippen LogP contribution is -2.31. The van der Waals surface area contributed by atoms with Gasteiger partial charge in [-0.05, 0) is 30.3 Å². The minimum atomic E-state index is -0.640. The van der Waals surface area contributed by atoms with Crippen molar-refractivity contribution in [2.75, 3.05) is 46.3 Å². The van der Waals surface area contributed by atoms with Crippen LogP contribution in [0.3, 0.4) is 0 Å². The first-order chi connectivity index (χ1) is 15.4. The van der Waals surface area contributed by atoms with Crippen molar-refractivity contribution in [2.45, 2.75) is 0 Å². The van der Waals surface area contributed by atoms with Gasteiger partial charge in [-0.2, -0.15) is 0 Å². The second-order valence-corrected chi connectivity index (χ2v) is 6.90. The van der Waals surface area contributed by atoms with Crippen LogP contribution in [-0.4, -0.2) is 68.7 Å². The maximum absolute atomic E-state index is 13.0. The van der Waals surface area contributed by atoms with Gasteiger partial charge in [0.2, 0.25) is 0 Å². The molecule has 2 aromatic rings. The number of esters is 1. The van der Waals surface area contributed by atoms with E-state index in [1.54, 1.807) is 42.5 Å². The summed E-state index contributed by atoms with van der Waals surface area (Å²) < 4.78 is 15.2. The van der Waals surface area contributed by atoms with E-state index in [9.17, 15) is 19.5 Å². The van der Waals surface area contributed by atoms with Crippen LogP contribution in [0.5, 0.6) is 11.5 Å². The van der Waals surface area contributed by atoms with Crippen molar-refractivity contribution < 1.29 is 33.7 Å². The molecule has 168 valence electrons. The lowest BCUT2D eigenvalue weighted by molar-refractivity contribution is -0.136. The summed E-state index contributed by atoms with van der Waals surface area (Å²) in [5, 5.41) is 12.1. The van der Waals surface area contributed by atoms with Gasteiger partial charge < -0.3 is 29.5 Å². The summed E-state index contributed by atoms with van der Waals surface area (Å²) in [6, 6.07) is 11.4. The van der Waals surface area contributed by atoms with Crippen LogP contribution in [0.15, 0.2) is 53.7 Å². The number of benzene rings is 2. The largest absolute Gasteiger partial charge is 0.493 e. The molecule has 0 aliphatic carbocycles. The molecule has 2 aromatic carbocycles. The van der Waals surface area contributed by atoms with E-state index in [-0.39, 0.29) is 36.7 Å². The quantitative estimate of drug-likeness (QED) is 0.447. The highest BCUT2D eigenvalue weighted by atomic mass is 16.5. The van der Waals surface area contributed by atoms with Gasteiger partial charge >= 0.3 is 5.97 Å². The van der Waals surface area contributed by atoms with E-state index in [0.29, 0.717) is 28.3 Å². The average Bonchev–Trinajstić information content (AvgIpc) is 3.13. The minimum Gasteiger partial charge on any atom is -0.493 e. The maximum Gasteiger partial charge on any atom is 0.337 e. The number of hydrogen-bond acceptors (Lipinski definition) is 8. The van der Waals surface area contributed by atoms with Gasteiger partial charge in [0.1, 0.15) is 5.70 Å². The van der Waals surface area contributed by atoms with Crippen molar-refractivity contribution in [2.24, 2.45) is 0 Å². The van der Waals surface area contributed by atoms with Gasteiger partial charge in [-0.3, -0.25) is 9.59 Å². The lowest BCUT2D eigenvalue weighted by Gasteiger charge is -2.15. The van der Waals surface area contributed by atoms with Gasteiger partial charge in [-0.1, -0.05) is 12.1 Å². The monoisotopic (exact) mass is 440 g/mol. The highest BCUT2D eigenvalue weighted by Crippen LogP contribution is 2.29. The van der Waals surface area contributed by atoms with E-state index in [1.165, 1.54) is 26.2 Å². The molecular formula is C23H24N2O7. The molecular weight excluding hydrogens is 416 g/mol. The topological polar surface area (TPSA) is 114 Å². The molecule has 2 N–H and O–H groups in total. The molecule has 0 aromatic heterocycles. The zero-order valence-electron chi connectivity index (χ0n) is 18.0. The number of methoxy groups -OCH3 is 3. The number of aliphatic hydroxyl groups is 1. The summed E-state index contributed by atoms with van der Waals surface area (Å²) in [5.74, 6) is -0.388. The Balaban J connectivity index is 1.89. The number of β-amino-alcohol motifs (C(OH)–C–C–N with tert-alkyl or cyclic N) is 1. The molecule has 9 nitrogen and oxygen atoms in total. The maximum atomic E-state index is 13.0. The molecule has 0 radical (unpaired) electrons. The predicted molar refractivity (Wildman–Crippen MR) is 116 cm³/mol. The summed E-state index contributed by atoms with van der Waals surface area (Å²) in [6.45, 7) is -0.121. The van der Waals surface area contributed by atoms with Gasteiger partial charge in [0.25, 0.3) is 5.91 Å². The number of anilines is 1. The molecule has 0 fully saturated rings. The first kappa shape index (κ1) is 22.8. The van der Waals surface area contributed by atoms with Crippen molar-refractivity contribution in [1.82, 2.24) is 4.90 Å². The first-order valence-electron chi connectivity index (χ1n) is 9.78. The fourth-order valence-electron chi connectivity index (χ4n) is 3.38. The number of carbonyl (C=O) groups is 3. The molecule has 0 unspecified atom stereocenters. The number of nitrogens with one attached hydrogen (secondary N) is 1. The van der Waals surface area contributed by atoms with E-state index >= 15 is 0 Å². The third kappa shape index (κ3) is 4.57. The highest BCUT2D eigenvalue weighted by molar-refractivity contribution is 6.11. The summed E-state index contributed by atoms with van der Waals surface area (Å²) in [5.41, 5.74) is 1.44. The van der Waals surface area contributed by atoms with Crippen molar-refractivity contribution in [3.63, 3.8) is 0 Å². The second-order valence-electron chi connectivity index (χ2n) is 6.90. The Labute approximate surface area is 185 Å². The molecule has 0 bridgehead atoms. The Bertz CT molecular complexity index is 1080. The van der Waals surface area contributed by atoms with Crippen LogP contribution in [0.1, 0.15) is 15.9 Å². The van der Waals surface area contributed by atoms with Crippen molar-refractivity contribution in [1.29, 1.82) is 0 Å². The third-order valence-corrected chi connectivity index (χ3v) is 4.99. The van der Waals surface area contributed by atoms with E-state index in [0.717, 1.165) is 0 Å². The number of rotatable bonds is 9. The molecule has 0 atom stereocenters. The molecule has 1 aliphatic heterocycles. The minimum absolute atomic E-state index is 0.0265. The molecule has 1 amide bonds. The number of aliphatic hydroxyl groups excluding tert-OH is 1. The fraction of sp³-hybridized carbons (Fsp3) is 0.261. The Morgan fingerprint density at radius 1 is 1.03 bits per heavy atom. The number of ether oxygens (including phenoxy) is 3. The predicted octanol–water partition coefficient (Wildman–Crippen LogP) is 1.61. The number of amides is 1. The number of nitrogens with zero attached hydrogens (tertiary/aromatic N) is 1. The number of carbonyl (C=O) groups excluding carboxylic acids is 3. The Morgan fingerprint density at radius 3 is 2.41 bits per heavy atom. The van der Waals surface area contributed by atoms with Crippen LogP contribution in [0.4, 0.5) is 5.69 Å². The Kier molecular flexibility index (Phi) is 7.11.